The van der Waals surface area contributed by atoms with Crippen molar-refractivity contribution < 1.29 is 19.4 Å². The number of anilines is 1. The Hall–Kier alpha value is -1.76. The number of amides is 1. The SMILES string of the molecule is CC(C)(C)OC(=O)Nc1cc(-c2cc(Cl)cc(Cl)c2)sc1C(=O)O. The predicted octanol–water partition coefficient (Wildman–Crippen LogP) is 5.77. The summed E-state index contributed by atoms with van der Waals surface area (Å²) in [6.45, 7) is 5.16. The van der Waals surface area contributed by atoms with Gasteiger partial charge < -0.3 is 9.84 Å². The van der Waals surface area contributed by atoms with E-state index in [1.165, 1.54) is 0 Å². The van der Waals surface area contributed by atoms with Crippen LogP contribution in [0.4, 0.5) is 10.5 Å². The van der Waals surface area contributed by atoms with Crippen molar-refractivity contribution >= 4 is 52.3 Å². The van der Waals surface area contributed by atoms with Gasteiger partial charge in [-0.25, -0.2) is 9.59 Å². The van der Waals surface area contributed by atoms with Gasteiger partial charge in [-0.1, -0.05) is 23.2 Å². The first-order valence-corrected chi connectivity index (χ1v) is 8.46. The number of halogens is 2. The molecule has 0 saturated carbocycles. The van der Waals surface area contributed by atoms with Gasteiger partial charge in [0.15, 0.2) is 0 Å². The monoisotopic (exact) mass is 387 g/mol. The quantitative estimate of drug-likeness (QED) is 0.700. The first-order chi connectivity index (χ1) is 11.0. The number of ether oxygens (including phenoxy) is 1. The largest absolute Gasteiger partial charge is 0.477 e. The zero-order valence-corrected chi connectivity index (χ0v) is 15.5. The summed E-state index contributed by atoms with van der Waals surface area (Å²) in [4.78, 5) is 23.9. The third-order valence-corrected chi connectivity index (χ3v) is 4.32. The van der Waals surface area contributed by atoms with Crippen molar-refractivity contribution in [2.24, 2.45) is 0 Å². The van der Waals surface area contributed by atoms with E-state index >= 15 is 0 Å². The molecule has 1 aromatic carbocycles. The summed E-state index contributed by atoms with van der Waals surface area (Å²) in [5.74, 6) is -1.15. The highest BCUT2D eigenvalue weighted by Gasteiger charge is 2.22. The van der Waals surface area contributed by atoms with Gasteiger partial charge in [-0.2, -0.15) is 0 Å². The van der Waals surface area contributed by atoms with E-state index in [1.807, 2.05) is 0 Å². The molecule has 128 valence electrons. The predicted molar refractivity (Wildman–Crippen MR) is 96.6 cm³/mol. The minimum Gasteiger partial charge on any atom is -0.477 e. The smallest absolute Gasteiger partial charge is 0.412 e. The molecule has 0 unspecified atom stereocenters. The number of hydrogen-bond donors (Lipinski definition) is 2. The molecule has 1 heterocycles. The van der Waals surface area contributed by atoms with Crippen LogP contribution in [-0.4, -0.2) is 22.8 Å². The van der Waals surface area contributed by atoms with Gasteiger partial charge in [0.25, 0.3) is 0 Å². The highest BCUT2D eigenvalue weighted by atomic mass is 35.5. The van der Waals surface area contributed by atoms with Crippen molar-refractivity contribution in [1.29, 1.82) is 0 Å². The highest BCUT2D eigenvalue weighted by Crippen LogP contribution is 2.37. The minimum atomic E-state index is -1.15. The van der Waals surface area contributed by atoms with Crippen LogP contribution in [0.15, 0.2) is 24.3 Å². The summed E-state index contributed by atoms with van der Waals surface area (Å²) >= 11 is 13.0. The van der Waals surface area contributed by atoms with Gasteiger partial charge in [-0.05, 0) is 50.6 Å². The summed E-state index contributed by atoms with van der Waals surface area (Å²) in [6, 6.07) is 6.47. The Kier molecular flexibility index (Phi) is 5.42. The molecule has 1 amide bonds. The molecule has 2 N–H and O–H groups in total. The van der Waals surface area contributed by atoms with E-state index in [2.05, 4.69) is 5.32 Å². The Morgan fingerprint density at radius 1 is 1.12 bits per heavy atom. The molecule has 0 fully saturated rings. The zero-order chi connectivity index (χ0) is 18.1. The van der Waals surface area contributed by atoms with Crippen molar-refractivity contribution in [3.05, 3.63) is 39.2 Å². The Labute approximate surface area is 153 Å². The number of carbonyl (C=O) groups is 2. The Balaban J connectivity index is 2.37. The maximum atomic E-state index is 11.9. The Morgan fingerprint density at radius 3 is 2.21 bits per heavy atom. The van der Waals surface area contributed by atoms with Crippen molar-refractivity contribution in [3.8, 4) is 10.4 Å². The topological polar surface area (TPSA) is 75.6 Å². The van der Waals surface area contributed by atoms with Crippen molar-refractivity contribution in [1.82, 2.24) is 0 Å². The van der Waals surface area contributed by atoms with E-state index in [4.69, 9.17) is 27.9 Å². The van der Waals surface area contributed by atoms with Crippen LogP contribution in [-0.2, 0) is 4.74 Å². The third-order valence-electron chi connectivity index (χ3n) is 2.71. The molecule has 2 rings (SSSR count). The molecule has 0 radical (unpaired) electrons. The molecule has 5 nitrogen and oxygen atoms in total. The lowest BCUT2D eigenvalue weighted by Gasteiger charge is -2.19. The standard InChI is InChI=1S/C16H15Cl2NO4S/c1-16(2,3)23-15(22)19-11-7-12(24-13(11)14(20)21)8-4-9(17)6-10(18)5-8/h4-7H,1-3H3,(H,19,22)(H,20,21). The van der Waals surface area contributed by atoms with Crippen molar-refractivity contribution in [2.45, 2.75) is 26.4 Å². The Bertz CT molecular complexity index is 776. The Morgan fingerprint density at radius 2 is 1.71 bits per heavy atom. The van der Waals surface area contributed by atoms with Crippen LogP contribution in [0, 0.1) is 0 Å². The van der Waals surface area contributed by atoms with Gasteiger partial charge in [0.1, 0.15) is 10.5 Å². The molecule has 0 saturated heterocycles. The first kappa shape index (κ1) is 18.6. The number of rotatable bonds is 3. The molecule has 24 heavy (non-hydrogen) atoms. The summed E-state index contributed by atoms with van der Waals surface area (Å²) < 4.78 is 5.15. The normalized spacial score (nSPS) is 11.2. The molecule has 0 aliphatic carbocycles. The van der Waals surface area contributed by atoms with E-state index in [-0.39, 0.29) is 10.6 Å². The minimum absolute atomic E-state index is 0.00745. The average Bonchev–Trinajstić information content (AvgIpc) is 2.79. The number of benzene rings is 1. The summed E-state index contributed by atoms with van der Waals surface area (Å²) in [7, 11) is 0. The third kappa shape index (κ3) is 4.87. The van der Waals surface area contributed by atoms with Gasteiger partial charge in [-0.15, -0.1) is 11.3 Å². The van der Waals surface area contributed by atoms with Crippen LogP contribution in [0.1, 0.15) is 30.4 Å². The molecular weight excluding hydrogens is 373 g/mol. The van der Waals surface area contributed by atoms with Gasteiger partial charge in [0, 0.05) is 14.9 Å². The first-order valence-electron chi connectivity index (χ1n) is 6.89. The van der Waals surface area contributed by atoms with Crippen LogP contribution >= 0.6 is 34.5 Å². The molecule has 0 atom stereocenters. The molecule has 0 aliphatic heterocycles. The second kappa shape index (κ2) is 7.01. The maximum absolute atomic E-state index is 11.9. The number of aromatic carboxylic acids is 1. The fraction of sp³-hybridized carbons (Fsp3) is 0.250. The van der Waals surface area contributed by atoms with Gasteiger partial charge >= 0.3 is 12.1 Å². The highest BCUT2D eigenvalue weighted by molar-refractivity contribution is 7.18. The fourth-order valence-electron chi connectivity index (χ4n) is 1.89. The molecule has 0 bridgehead atoms. The summed E-state index contributed by atoms with van der Waals surface area (Å²) in [6.07, 6.45) is -0.724. The fourth-order valence-corrected chi connectivity index (χ4v) is 3.36. The number of carboxylic acid groups (broad SMARTS) is 1. The molecule has 1 aromatic heterocycles. The zero-order valence-electron chi connectivity index (χ0n) is 13.1. The average molecular weight is 388 g/mol. The number of carbonyl (C=O) groups excluding carboxylic acids is 1. The van der Waals surface area contributed by atoms with Crippen molar-refractivity contribution in [2.75, 3.05) is 5.32 Å². The molecule has 2 aromatic rings. The van der Waals surface area contributed by atoms with E-state index in [0.717, 1.165) is 11.3 Å². The number of hydrogen-bond acceptors (Lipinski definition) is 4. The molecule has 8 heteroatoms. The van der Waals surface area contributed by atoms with Crippen molar-refractivity contribution in [3.63, 3.8) is 0 Å². The molecule has 0 aliphatic rings. The van der Waals surface area contributed by atoms with Crippen LogP contribution in [0.5, 0.6) is 0 Å². The van der Waals surface area contributed by atoms with Crippen LogP contribution in [0.25, 0.3) is 10.4 Å². The lowest BCUT2D eigenvalue weighted by atomic mass is 10.2. The van der Waals surface area contributed by atoms with E-state index in [9.17, 15) is 14.7 Å². The lowest BCUT2D eigenvalue weighted by molar-refractivity contribution is 0.0636. The second-order valence-electron chi connectivity index (χ2n) is 5.94. The van der Waals surface area contributed by atoms with Crippen LogP contribution < -0.4 is 5.32 Å². The van der Waals surface area contributed by atoms with E-state index < -0.39 is 17.7 Å². The second-order valence-corrected chi connectivity index (χ2v) is 7.87. The van der Waals surface area contributed by atoms with E-state index in [1.54, 1.807) is 45.0 Å². The number of nitrogens with one attached hydrogen (secondary N) is 1. The van der Waals surface area contributed by atoms with E-state index in [0.29, 0.717) is 20.5 Å². The van der Waals surface area contributed by atoms with Crippen LogP contribution in [0.2, 0.25) is 10.0 Å². The summed E-state index contributed by atoms with van der Waals surface area (Å²) in [5.41, 5.74) is 0.136. The number of thiophene rings is 1. The van der Waals surface area contributed by atoms with Gasteiger partial charge in [0.2, 0.25) is 0 Å². The lowest BCUT2D eigenvalue weighted by Crippen LogP contribution is -2.27. The van der Waals surface area contributed by atoms with Gasteiger partial charge in [0.05, 0.1) is 5.69 Å². The molecular formula is C16H15Cl2NO4S. The number of carboxylic acids is 1. The maximum Gasteiger partial charge on any atom is 0.412 e. The van der Waals surface area contributed by atoms with Crippen LogP contribution in [0.3, 0.4) is 0 Å². The van der Waals surface area contributed by atoms with Gasteiger partial charge in [-0.3, -0.25) is 5.32 Å². The molecule has 0 spiro atoms. The summed E-state index contributed by atoms with van der Waals surface area (Å²) in [5, 5.41) is 12.7.